The molecule has 0 bridgehead atoms. The number of hydrogen-bond donors (Lipinski definition) is 1. The summed E-state index contributed by atoms with van der Waals surface area (Å²) in [5, 5.41) is 6.55. The van der Waals surface area contributed by atoms with E-state index in [4.69, 9.17) is 4.74 Å². The number of likely N-dealkylation sites (tertiary alicyclic amines) is 1. The molecule has 8 heteroatoms. The molecule has 0 aliphatic carbocycles. The summed E-state index contributed by atoms with van der Waals surface area (Å²) in [6.07, 6.45) is 2.92. The molecule has 1 saturated heterocycles. The molecule has 1 N–H and O–H groups in total. The number of ketones is 1. The number of carbonyl (C=O) groups is 2. The van der Waals surface area contributed by atoms with Crippen LogP contribution in [0.3, 0.4) is 0 Å². The molecule has 1 aliphatic rings. The minimum absolute atomic E-state index is 0.211. The number of rotatable bonds is 6. The third-order valence-electron chi connectivity index (χ3n) is 4.66. The molecule has 2 aromatic rings. The van der Waals surface area contributed by atoms with Crippen molar-refractivity contribution in [1.82, 2.24) is 15.1 Å². The average molecular weight is 377 g/mol. The first-order valence-electron chi connectivity index (χ1n) is 8.90. The van der Waals surface area contributed by atoms with Gasteiger partial charge in [-0.05, 0) is 44.5 Å². The van der Waals surface area contributed by atoms with E-state index in [1.807, 2.05) is 4.90 Å². The molecule has 2 heterocycles. The summed E-state index contributed by atoms with van der Waals surface area (Å²) in [4.78, 5) is 26.6. The maximum absolute atomic E-state index is 13.9. The van der Waals surface area contributed by atoms with E-state index in [1.165, 1.54) is 0 Å². The van der Waals surface area contributed by atoms with Gasteiger partial charge in [-0.3, -0.25) is 14.8 Å². The van der Waals surface area contributed by atoms with Crippen LogP contribution in [0.25, 0.3) is 0 Å². The number of carbonyl (C=O) groups excluding carboxylic acids is 2. The number of hydrogen-bond acceptors (Lipinski definition) is 5. The Morgan fingerprint density at radius 3 is 2.96 bits per heavy atom. The van der Waals surface area contributed by atoms with Crippen molar-refractivity contribution in [2.45, 2.75) is 26.3 Å². The number of Topliss-reactive ketones (excluding diaryl/α,β-unsaturated/α-hetero) is 1. The van der Waals surface area contributed by atoms with Crippen molar-refractivity contribution in [3.63, 3.8) is 0 Å². The van der Waals surface area contributed by atoms with Crippen LogP contribution in [0.4, 0.5) is 8.78 Å². The summed E-state index contributed by atoms with van der Waals surface area (Å²) in [5.41, 5.74) is 0.761. The van der Waals surface area contributed by atoms with Gasteiger partial charge in [0.2, 0.25) is 0 Å². The number of esters is 1. The smallest absolute Gasteiger partial charge is 0.356 e. The lowest BCUT2D eigenvalue weighted by Crippen LogP contribution is -2.38. The van der Waals surface area contributed by atoms with Gasteiger partial charge in [0.05, 0.1) is 18.4 Å². The Kier molecular flexibility index (Phi) is 5.95. The van der Waals surface area contributed by atoms with Gasteiger partial charge in [0.1, 0.15) is 17.3 Å². The predicted molar refractivity (Wildman–Crippen MR) is 93.2 cm³/mol. The molecular weight excluding hydrogens is 356 g/mol. The zero-order valence-electron chi connectivity index (χ0n) is 15.0. The maximum atomic E-state index is 13.9. The highest BCUT2D eigenvalue weighted by atomic mass is 19.1. The van der Waals surface area contributed by atoms with Crippen molar-refractivity contribution in [3.8, 4) is 0 Å². The van der Waals surface area contributed by atoms with Crippen LogP contribution in [0.2, 0.25) is 0 Å². The normalized spacial score (nSPS) is 17.7. The molecule has 27 heavy (non-hydrogen) atoms. The van der Waals surface area contributed by atoms with Gasteiger partial charge in [-0.1, -0.05) is 0 Å². The lowest BCUT2D eigenvalue weighted by molar-refractivity contribution is 0.0515. The van der Waals surface area contributed by atoms with Crippen LogP contribution in [-0.2, 0) is 11.3 Å². The number of benzene rings is 1. The summed E-state index contributed by atoms with van der Waals surface area (Å²) in [7, 11) is 0. The number of halogens is 2. The van der Waals surface area contributed by atoms with Gasteiger partial charge in [0, 0.05) is 24.6 Å². The topological polar surface area (TPSA) is 75.3 Å². The standard InChI is InChI=1S/C19H21F2N3O3/c1-2-27-19(26)17-13(9-22-23-17)11-24-7-3-4-12(10-24)18(25)15-8-14(20)5-6-16(15)21/h5-6,8-9,12H,2-4,7,10-11H2,1H3,(H,22,23). The van der Waals surface area contributed by atoms with Crippen molar-refractivity contribution in [3.05, 3.63) is 52.9 Å². The second kappa shape index (κ2) is 8.39. The Bertz CT molecular complexity index is 837. The highest BCUT2D eigenvalue weighted by Crippen LogP contribution is 2.24. The lowest BCUT2D eigenvalue weighted by atomic mass is 9.89. The molecular formula is C19H21F2N3O3. The predicted octanol–water partition coefficient (Wildman–Crippen LogP) is 2.96. The molecule has 0 amide bonds. The van der Waals surface area contributed by atoms with E-state index >= 15 is 0 Å². The fourth-order valence-electron chi connectivity index (χ4n) is 3.37. The van der Waals surface area contributed by atoms with Crippen LogP contribution in [0.1, 0.15) is 46.2 Å². The fraction of sp³-hybridized carbons (Fsp3) is 0.421. The number of nitrogens with one attached hydrogen (secondary N) is 1. The lowest BCUT2D eigenvalue weighted by Gasteiger charge is -2.31. The number of aromatic nitrogens is 2. The first-order chi connectivity index (χ1) is 13.0. The molecule has 1 unspecified atom stereocenters. The average Bonchev–Trinajstić information content (AvgIpc) is 3.12. The largest absolute Gasteiger partial charge is 0.461 e. The van der Waals surface area contributed by atoms with Crippen LogP contribution in [0.15, 0.2) is 24.4 Å². The molecule has 1 aliphatic heterocycles. The molecule has 1 fully saturated rings. The minimum Gasteiger partial charge on any atom is -0.461 e. The number of ether oxygens (including phenoxy) is 1. The van der Waals surface area contributed by atoms with Crippen molar-refractivity contribution in [2.24, 2.45) is 5.92 Å². The third-order valence-corrected chi connectivity index (χ3v) is 4.66. The Labute approximate surface area is 155 Å². The van der Waals surface area contributed by atoms with Gasteiger partial charge < -0.3 is 4.74 Å². The summed E-state index contributed by atoms with van der Waals surface area (Å²) in [5.74, 6) is -2.64. The second-order valence-corrected chi connectivity index (χ2v) is 6.55. The van der Waals surface area contributed by atoms with Gasteiger partial charge in [-0.25, -0.2) is 13.6 Å². The summed E-state index contributed by atoms with van der Waals surface area (Å²) in [6, 6.07) is 2.92. The van der Waals surface area contributed by atoms with E-state index in [9.17, 15) is 18.4 Å². The van der Waals surface area contributed by atoms with E-state index in [0.29, 0.717) is 30.8 Å². The van der Waals surface area contributed by atoms with E-state index in [1.54, 1.807) is 13.1 Å². The van der Waals surface area contributed by atoms with Crippen LogP contribution in [0, 0.1) is 17.6 Å². The number of piperidine rings is 1. The van der Waals surface area contributed by atoms with Crippen LogP contribution in [0.5, 0.6) is 0 Å². The third kappa shape index (κ3) is 4.39. The van der Waals surface area contributed by atoms with Gasteiger partial charge in [0.25, 0.3) is 0 Å². The Morgan fingerprint density at radius 1 is 1.37 bits per heavy atom. The van der Waals surface area contributed by atoms with Crippen LogP contribution >= 0.6 is 0 Å². The number of aromatic amines is 1. The highest BCUT2D eigenvalue weighted by molar-refractivity contribution is 5.98. The monoisotopic (exact) mass is 377 g/mol. The van der Waals surface area contributed by atoms with Crippen molar-refractivity contribution in [2.75, 3.05) is 19.7 Å². The van der Waals surface area contributed by atoms with Crippen LogP contribution in [-0.4, -0.2) is 46.5 Å². The summed E-state index contributed by atoms with van der Waals surface area (Å²) >= 11 is 0. The molecule has 1 atom stereocenters. The maximum Gasteiger partial charge on any atom is 0.356 e. The van der Waals surface area contributed by atoms with Crippen molar-refractivity contribution in [1.29, 1.82) is 0 Å². The number of H-pyrrole nitrogens is 1. The molecule has 0 saturated carbocycles. The molecule has 0 spiro atoms. The molecule has 0 radical (unpaired) electrons. The molecule has 144 valence electrons. The van der Waals surface area contributed by atoms with Gasteiger partial charge in [0.15, 0.2) is 5.78 Å². The zero-order valence-corrected chi connectivity index (χ0v) is 15.0. The Morgan fingerprint density at radius 2 is 2.19 bits per heavy atom. The Hall–Kier alpha value is -2.61. The highest BCUT2D eigenvalue weighted by Gasteiger charge is 2.29. The Balaban J connectivity index is 1.70. The minimum atomic E-state index is -0.710. The molecule has 3 rings (SSSR count). The quantitative estimate of drug-likeness (QED) is 0.619. The fourth-order valence-corrected chi connectivity index (χ4v) is 3.37. The summed E-state index contributed by atoms with van der Waals surface area (Å²) < 4.78 is 32.3. The van der Waals surface area contributed by atoms with E-state index in [-0.39, 0.29) is 12.2 Å². The molecule has 1 aromatic carbocycles. The first-order valence-corrected chi connectivity index (χ1v) is 8.90. The second-order valence-electron chi connectivity index (χ2n) is 6.55. The van der Waals surface area contributed by atoms with E-state index in [2.05, 4.69) is 10.2 Å². The number of nitrogens with zero attached hydrogens (tertiary/aromatic N) is 2. The van der Waals surface area contributed by atoms with E-state index < -0.39 is 29.3 Å². The van der Waals surface area contributed by atoms with Crippen molar-refractivity contribution >= 4 is 11.8 Å². The first kappa shape index (κ1) is 19.2. The van der Waals surface area contributed by atoms with Gasteiger partial charge in [-0.15, -0.1) is 0 Å². The molecule has 6 nitrogen and oxygen atoms in total. The SMILES string of the molecule is CCOC(=O)c1[nH]ncc1CN1CCCC(C(=O)c2cc(F)ccc2F)C1. The van der Waals surface area contributed by atoms with E-state index in [0.717, 1.165) is 31.2 Å². The van der Waals surface area contributed by atoms with Crippen LogP contribution < -0.4 is 0 Å². The van der Waals surface area contributed by atoms with Gasteiger partial charge in [-0.2, -0.15) is 5.10 Å². The summed E-state index contributed by atoms with van der Waals surface area (Å²) in [6.45, 7) is 3.54. The van der Waals surface area contributed by atoms with Gasteiger partial charge >= 0.3 is 5.97 Å². The van der Waals surface area contributed by atoms with Crippen molar-refractivity contribution < 1.29 is 23.1 Å². The molecule has 1 aromatic heterocycles. The zero-order chi connectivity index (χ0) is 19.4.